The van der Waals surface area contributed by atoms with Crippen molar-refractivity contribution in [3.8, 4) is 0 Å². The van der Waals surface area contributed by atoms with Gasteiger partial charge in [-0.2, -0.15) is 0 Å². The van der Waals surface area contributed by atoms with Gasteiger partial charge in [0.1, 0.15) is 11.9 Å². The molecule has 0 fully saturated rings. The molecule has 1 N–H and O–H groups in total. The molecule has 0 saturated heterocycles. The van der Waals surface area contributed by atoms with Gasteiger partial charge in [0, 0.05) is 0 Å². The van der Waals surface area contributed by atoms with Crippen molar-refractivity contribution in [3.63, 3.8) is 0 Å². The van der Waals surface area contributed by atoms with Gasteiger partial charge in [-0.15, -0.1) is 0 Å². The molecule has 5 heteroatoms. The minimum Gasteiger partial charge on any atom is -0.494 e. The second-order valence-corrected chi connectivity index (χ2v) is 3.09. The van der Waals surface area contributed by atoms with Crippen molar-refractivity contribution in [1.29, 1.82) is 0 Å². The van der Waals surface area contributed by atoms with Crippen LogP contribution in [0.1, 0.15) is 6.92 Å². The van der Waals surface area contributed by atoms with Gasteiger partial charge in [0.2, 0.25) is 0 Å². The van der Waals surface area contributed by atoms with Crippen molar-refractivity contribution in [2.45, 2.75) is 13.0 Å². The number of halogens is 1. The summed E-state index contributed by atoms with van der Waals surface area (Å²) in [6.45, 7) is 1.62. The third kappa shape index (κ3) is 1.13. The lowest BCUT2D eigenvalue weighted by Gasteiger charge is -2.17. The van der Waals surface area contributed by atoms with Crippen LogP contribution in [0.4, 0.5) is 4.39 Å². The number of fused-ring (bicyclic) bond motifs is 1. The maximum atomic E-state index is 13.5. The minimum atomic E-state index is -0.807. The first-order valence-corrected chi connectivity index (χ1v) is 4.14. The van der Waals surface area contributed by atoms with Gasteiger partial charge in [-0.1, -0.05) is 0 Å². The van der Waals surface area contributed by atoms with E-state index in [9.17, 15) is 9.18 Å². The molecule has 1 unspecified atom stereocenters. The Balaban J connectivity index is 2.45. The Morgan fingerprint density at radius 1 is 1.64 bits per heavy atom. The molecule has 2 rings (SSSR count). The van der Waals surface area contributed by atoms with E-state index in [2.05, 4.69) is 10.3 Å². The summed E-state index contributed by atoms with van der Waals surface area (Å²) in [5.74, 6) is -0.315. The van der Waals surface area contributed by atoms with E-state index in [-0.39, 0.29) is 11.7 Å². The Kier molecular flexibility index (Phi) is 1.87. The van der Waals surface area contributed by atoms with Crippen LogP contribution in [0, 0.1) is 0 Å². The number of hydrogen-bond donors (Lipinski definition) is 1. The number of rotatable bonds is 1. The average Bonchev–Trinajstić information content (AvgIpc) is 2.44. The van der Waals surface area contributed by atoms with Crippen LogP contribution in [-0.4, -0.2) is 24.9 Å². The molecule has 1 aliphatic heterocycles. The summed E-state index contributed by atoms with van der Waals surface area (Å²) < 4.78 is 18.3. The number of amidine groups is 1. The number of nitrogens with one attached hydrogen (secondary N) is 1. The van der Waals surface area contributed by atoms with Crippen LogP contribution in [0.5, 0.6) is 0 Å². The first-order chi connectivity index (χ1) is 6.63. The molecule has 1 amide bonds. The SMILES string of the molecule is COC1=C(F)C2N=C(C)NC(=O)C2=C1. The highest BCUT2D eigenvalue weighted by molar-refractivity contribution is 6.09. The van der Waals surface area contributed by atoms with Gasteiger partial charge in [0.05, 0.1) is 12.7 Å². The molecule has 14 heavy (non-hydrogen) atoms. The van der Waals surface area contributed by atoms with Gasteiger partial charge >= 0.3 is 0 Å². The number of carbonyl (C=O) groups excluding carboxylic acids is 1. The number of ether oxygens (including phenoxy) is 1. The number of hydrogen-bond acceptors (Lipinski definition) is 3. The fraction of sp³-hybridized carbons (Fsp3) is 0.333. The summed E-state index contributed by atoms with van der Waals surface area (Å²) in [6, 6.07) is -0.807. The Morgan fingerprint density at radius 2 is 2.36 bits per heavy atom. The van der Waals surface area contributed by atoms with E-state index in [1.807, 2.05) is 0 Å². The summed E-state index contributed by atoms with van der Waals surface area (Å²) in [7, 11) is 1.36. The summed E-state index contributed by atoms with van der Waals surface area (Å²) in [5.41, 5.74) is 0.296. The van der Waals surface area contributed by atoms with Gasteiger partial charge in [0.25, 0.3) is 5.91 Å². The summed E-state index contributed by atoms with van der Waals surface area (Å²) in [5, 5.41) is 2.51. The number of methoxy groups -OCH3 is 1. The van der Waals surface area contributed by atoms with Crippen LogP contribution in [0.25, 0.3) is 0 Å². The Hall–Kier alpha value is -1.65. The van der Waals surface area contributed by atoms with Crippen molar-refractivity contribution in [3.05, 3.63) is 23.2 Å². The molecule has 0 aromatic rings. The minimum absolute atomic E-state index is 0.0820. The molecule has 1 heterocycles. The number of nitrogens with zero attached hydrogens (tertiary/aromatic N) is 1. The van der Waals surface area contributed by atoms with E-state index in [0.29, 0.717) is 11.4 Å². The second-order valence-electron chi connectivity index (χ2n) is 3.09. The molecule has 2 aliphatic rings. The first kappa shape index (κ1) is 8.93. The van der Waals surface area contributed by atoms with Crippen LogP contribution >= 0.6 is 0 Å². The predicted molar refractivity (Wildman–Crippen MR) is 48.3 cm³/mol. The molecule has 0 bridgehead atoms. The van der Waals surface area contributed by atoms with Crippen molar-refractivity contribution >= 4 is 11.7 Å². The van der Waals surface area contributed by atoms with E-state index in [1.54, 1.807) is 6.92 Å². The normalized spacial score (nSPS) is 25.4. The van der Waals surface area contributed by atoms with Crippen molar-refractivity contribution in [1.82, 2.24) is 5.32 Å². The summed E-state index contributed by atoms with van der Waals surface area (Å²) >= 11 is 0. The summed E-state index contributed by atoms with van der Waals surface area (Å²) in [6.07, 6.45) is 1.38. The van der Waals surface area contributed by atoms with Gasteiger partial charge in [-0.25, -0.2) is 4.39 Å². The van der Waals surface area contributed by atoms with E-state index < -0.39 is 11.9 Å². The summed E-state index contributed by atoms with van der Waals surface area (Å²) in [4.78, 5) is 15.4. The van der Waals surface area contributed by atoms with Crippen molar-refractivity contribution < 1.29 is 13.9 Å². The fourth-order valence-electron chi connectivity index (χ4n) is 1.50. The monoisotopic (exact) mass is 196 g/mol. The number of aliphatic imine (C=N–C) groups is 1. The third-order valence-corrected chi connectivity index (χ3v) is 2.16. The zero-order valence-corrected chi connectivity index (χ0v) is 7.80. The maximum absolute atomic E-state index is 13.5. The zero-order chi connectivity index (χ0) is 10.3. The lowest BCUT2D eigenvalue weighted by Crippen LogP contribution is -2.38. The standard InChI is InChI=1S/C9H9FN2O2/c1-4-11-8-5(9(13)12-4)3-6(14-2)7(8)10/h3,8H,1-2H3,(H,11,12,13). The van der Waals surface area contributed by atoms with Gasteiger partial charge in [-0.05, 0) is 13.0 Å². The Morgan fingerprint density at radius 3 is 3.00 bits per heavy atom. The molecule has 4 nitrogen and oxygen atoms in total. The Bertz CT molecular complexity index is 396. The molecule has 0 spiro atoms. The largest absolute Gasteiger partial charge is 0.494 e. The van der Waals surface area contributed by atoms with Gasteiger partial charge < -0.3 is 10.1 Å². The lowest BCUT2D eigenvalue weighted by molar-refractivity contribution is -0.116. The van der Waals surface area contributed by atoms with Crippen LogP contribution in [-0.2, 0) is 9.53 Å². The van der Waals surface area contributed by atoms with Gasteiger partial charge in [-0.3, -0.25) is 9.79 Å². The topological polar surface area (TPSA) is 50.7 Å². The van der Waals surface area contributed by atoms with E-state index in [0.717, 1.165) is 0 Å². The van der Waals surface area contributed by atoms with E-state index in [4.69, 9.17) is 4.74 Å². The van der Waals surface area contributed by atoms with E-state index >= 15 is 0 Å². The first-order valence-electron chi connectivity index (χ1n) is 4.14. The Labute approximate surface area is 80.2 Å². The molecule has 0 aromatic heterocycles. The zero-order valence-electron chi connectivity index (χ0n) is 7.80. The molecule has 1 aliphatic carbocycles. The van der Waals surface area contributed by atoms with E-state index in [1.165, 1.54) is 13.2 Å². The van der Waals surface area contributed by atoms with Crippen molar-refractivity contribution in [2.24, 2.45) is 4.99 Å². The molecule has 74 valence electrons. The maximum Gasteiger partial charge on any atom is 0.255 e. The van der Waals surface area contributed by atoms with Crippen molar-refractivity contribution in [2.75, 3.05) is 7.11 Å². The number of allylic oxidation sites excluding steroid dienone is 1. The molecule has 1 atom stereocenters. The highest BCUT2D eigenvalue weighted by Crippen LogP contribution is 2.31. The molecule has 0 aromatic carbocycles. The lowest BCUT2D eigenvalue weighted by atomic mass is 10.1. The quantitative estimate of drug-likeness (QED) is 0.670. The van der Waals surface area contributed by atoms with Crippen LogP contribution in [0.3, 0.4) is 0 Å². The third-order valence-electron chi connectivity index (χ3n) is 2.16. The molecule has 0 radical (unpaired) electrons. The second kappa shape index (κ2) is 2.94. The van der Waals surface area contributed by atoms with Crippen LogP contribution in [0.2, 0.25) is 0 Å². The number of carbonyl (C=O) groups is 1. The van der Waals surface area contributed by atoms with Crippen LogP contribution in [0.15, 0.2) is 28.2 Å². The smallest absolute Gasteiger partial charge is 0.255 e. The fourth-order valence-corrected chi connectivity index (χ4v) is 1.50. The number of amides is 1. The van der Waals surface area contributed by atoms with Crippen LogP contribution < -0.4 is 5.32 Å². The predicted octanol–water partition coefficient (Wildman–Crippen LogP) is 0.671. The highest BCUT2D eigenvalue weighted by Gasteiger charge is 2.36. The highest BCUT2D eigenvalue weighted by atomic mass is 19.1. The molecule has 0 saturated carbocycles. The average molecular weight is 196 g/mol. The van der Waals surface area contributed by atoms with Gasteiger partial charge in [0.15, 0.2) is 11.6 Å². The molecular formula is C9H9FN2O2. The molecular weight excluding hydrogens is 187 g/mol.